The third-order valence-corrected chi connectivity index (χ3v) is 4.22. The summed E-state index contributed by atoms with van der Waals surface area (Å²) < 4.78 is 5.69. The smallest absolute Gasteiger partial charge is 0.325 e. The van der Waals surface area contributed by atoms with Crippen LogP contribution in [0, 0.1) is 0 Å². The van der Waals surface area contributed by atoms with Crippen LogP contribution < -0.4 is 5.73 Å². The molecular formula is C12H15N5O3S. The summed E-state index contributed by atoms with van der Waals surface area (Å²) in [5.41, 5.74) is 4.70. The van der Waals surface area contributed by atoms with E-state index < -0.39 is 11.5 Å². The molecule has 0 aliphatic carbocycles. The number of nitrogens with two attached hydrogens (primary N) is 1. The Kier molecular flexibility index (Phi) is 3.70. The third kappa shape index (κ3) is 3.09. The molecule has 0 saturated carbocycles. The van der Waals surface area contributed by atoms with E-state index in [4.69, 9.17) is 15.3 Å². The summed E-state index contributed by atoms with van der Waals surface area (Å²) in [5.74, 6) is -0.183. The fraction of sp³-hybridized carbons (Fsp3) is 0.417. The van der Waals surface area contributed by atoms with Crippen molar-refractivity contribution in [3.63, 3.8) is 0 Å². The second kappa shape index (κ2) is 5.51. The van der Waals surface area contributed by atoms with Crippen molar-refractivity contribution < 1.29 is 14.3 Å². The molecule has 3 heterocycles. The highest BCUT2D eigenvalue weighted by molar-refractivity contribution is 7.99. The molecule has 1 atom stereocenters. The Balaban J connectivity index is 1.59. The minimum atomic E-state index is -1.15. The number of nitrogens with one attached hydrogen (secondary N) is 1. The van der Waals surface area contributed by atoms with Gasteiger partial charge in [-0.1, -0.05) is 0 Å². The molecule has 9 heteroatoms. The van der Waals surface area contributed by atoms with E-state index >= 15 is 0 Å². The number of carbonyl (C=O) groups is 1. The molecule has 0 amide bonds. The van der Waals surface area contributed by atoms with Crippen LogP contribution in [0.25, 0.3) is 0 Å². The molecule has 1 fully saturated rings. The van der Waals surface area contributed by atoms with Crippen LogP contribution in [-0.2, 0) is 11.3 Å². The van der Waals surface area contributed by atoms with Crippen LogP contribution in [-0.4, -0.2) is 49.8 Å². The number of carboxylic acids is 1. The summed E-state index contributed by atoms with van der Waals surface area (Å²) in [4.78, 5) is 17.1. The van der Waals surface area contributed by atoms with Crippen LogP contribution in [0.5, 0.6) is 0 Å². The lowest BCUT2D eigenvalue weighted by Crippen LogP contribution is -2.49. The summed E-state index contributed by atoms with van der Waals surface area (Å²) in [7, 11) is 0. The molecule has 0 radical (unpaired) electrons. The third-order valence-electron chi connectivity index (χ3n) is 3.41. The number of nitrogens with zero attached hydrogens (tertiary/aromatic N) is 3. The predicted molar refractivity (Wildman–Crippen MR) is 73.7 cm³/mol. The van der Waals surface area contributed by atoms with Gasteiger partial charge in [-0.05, 0) is 30.3 Å². The molecular weight excluding hydrogens is 294 g/mol. The molecule has 1 unspecified atom stereocenters. The zero-order valence-electron chi connectivity index (χ0n) is 11.2. The van der Waals surface area contributed by atoms with Gasteiger partial charge in [0.1, 0.15) is 17.6 Å². The number of rotatable bonds is 5. The van der Waals surface area contributed by atoms with Crippen molar-refractivity contribution in [1.82, 2.24) is 20.1 Å². The number of hydrogen-bond donors (Lipinski definition) is 3. The summed E-state index contributed by atoms with van der Waals surface area (Å²) in [6, 6.07) is 3.72. The SMILES string of the molecule is NC1(C(=O)O)CCN(Cc2ccc(Sc3ncn[nH]3)o2)C1. The monoisotopic (exact) mass is 309 g/mol. The largest absolute Gasteiger partial charge is 0.480 e. The van der Waals surface area contributed by atoms with Crippen molar-refractivity contribution in [2.24, 2.45) is 5.73 Å². The van der Waals surface area contributed by atoms with E-state index in [-0.39, 0.29) is 0 Å². The average Bonchev–Trinajstić information content (AvgIpc) is 3.14. The number of aromatic nitrogens is 3. The Bertz CT molecular complexity index is 629. The highest BCUT2D eigenvalue weighted by atomic mass is 32.2. The maximum absolute atomic E-state index is 11.1. The van der Waals surface area contributed by atoms with Gasteiger partial charge in [0.25, 0.3) is 0 Å². The first kappa shape index (κ1) is 14.1. The lowest BCUT2D eigenvalue weighted by atomic mass is 10.0. The van der Waals surface area contributed by atoms with Crippen LogP contribution in [0.15, 0.2) is 33.1 Å². The van der Waals surface area contributed by atoms with Gasteiger partial charge in [-0.25, -0.2) is 4.98 Å². The Labute approximate surface area is 124 Å². The molecule has 1 saturated heterocycles. The van der Waals surface area contributed by atoms with Gasteiger partial charge in [-0.2, -0.15) is 5.10 Å². The first-order chi connectivity index (χ1) is 10.0. The molecule has 4 N–H and O–H groups in total. The topological polar surface area (TPSA) is 121 Å². The van der Waals surface area contributed by atoms with Crippen LogP contribution in [0.1, 0.15) is 12.2 Å². The number of aliphatic carboxylic acids is 1. The second-order valence-electron chi connectivity index (χ2n) is 5.04. The molecule has 3 rings (SSSR count). The highest BCUT2D eigenvalue weighted by Gasteiger charge is 2.41. The summed E-state index contributed by atoms with van der Waals surface area (Å²) in [6.07, 6.45) is 1.88. The van der Waals surface area contributed by atoms with Crippen LogP contribution >= 0.6 is 11.8 Å². The molecule has 21 heavy (non-hydrogen) atoms. The van der Waals surface area contributed by atoms with Crippen molar-refractivity contribution in [1.29, 1.82) is 0 Å². The molecule has 0 spiro atoms. The van der Waals surface area contributed by atoms with Gasteiger partial charge in [-0.15, -0.1) is 0 Å². The maximum Gasteiger partial charge on any atom is 0.325 e. The highest BCUT2D eigenvalue weighted by Crippen LogP contribution is 2.27. The lowest BCUT2D eigenvalue weighted by molar-refractivity contribution is -0.142. The van der Waals surface area contributed by atoms with Crippen LogP contribution in [0.3, 0.4) is 0 Å². The molecule has 1 aliphatic heterocycles. The van der Waals surface area contributed by atoms with Crippen molar-refractivity contribution in [3.05, 3.63) is 24.2 Å². The van der Waals surface area contributed by atoms with E-state index in [9.17, 15) is 4.79 Å². The van der Waals surface area contributed by atoms with Crippen molar-refractivity contribution in [2.45, 2.75) is 28.8 Å². The molecule has 0 aromatic carbocycles. The van der Waals surface area contributed by atoms with E-state index in [0.717, 1.165) is 5.76 Å². The van der Waals surface area contributed by atoms with Crippen LogP contribution in [0.4, 0.5) is 0 Å². The molecule has 1 aliphatic rings. The summed E-state index contributed by atoms with van der Waals surface area (Å²) in [6.45, 7) is 1.52. The fourth-order valence-corrected chi connectivity index (χ4v) is 2.95. The van der Waals surface area contributed by atoms with Gasteiger partial charge in [-0.3, -0.25) is 14.8 Å². The minimum absolute atomic E-state index is 0.327. The number of H-pyrrole nitrogens is 1. The van der Waals surface area contributed by atoms with E-state index in [1.807, 2.05) is 17.0 Å². The van der Waals surface area contributed by atoms with E-state index in [1.165, 1.54) is 18.1 Å². The number of carboxylic acid groups (broad SMARTS) is 1. The number of aromatic amines is 1. The zero-order valence-corrected chi connectivity index (χ0v) is 12.0. The van der Waals surface area contributed by atoms with Gasteiger partial charge in [0.05, 0.1) is 6.54 Å². The molecule has 0 bridgehead atoms. The van der Waals surface area contributed by atoms with E-state index in [2.05, 4.69) is 15.2 Å². The van der Waals surface area contributed by atoms with Gasteiger partial charge < -0.3 is 15.3 Å². The molecule has 8 nitrogen and oxygen atoms in total. The number of furan rings is 1. The quantitative estimate of drug-likeness (QED) is 0.731. The first-order valence-electron chi connectivity index (χ1n) is 6.42. The Morgan fingerprint density at radius 1 is 1.62 bits per heavy atom. The Morgan fingerprint density at radius 2 is 2.48 bits per heavy atom. The summed E-state index contributed by atoms with van der Waals surface area (Å²) in [5, 5.41) is 17.0. The Hall–Kier alpha value is -1.84. The normalized spacial score (nSPS) is 22.7. The fourth-order valence-electron chi connectivity index (χ4n) is 2.28. The van der Waals surface area contributed by atoms with Crippen molar-refractivity contribution in [2.75, 3.05) is 13.1 Å². The average molecular weight is 309 g/mol. The standard InChI is InChI=1S/C12H15N5O3S/c13-12(10(18)19)3-4-17(6-12)5-8-1-2-9(20-8)21-11-14-7-15-16-11/h1-2,7H,3-6,13H2,(H,18,19)(H,14,15,16). The zero-order chi connectivity index (χ0) is 14.9. The van der Waals surface area contributed by atoms with Gasteiger partial charge in [0, 0.05) is 13.1 Å². The molecule has 112 valence electrons. The molecule has 2 aromatic rings. The van der Waals surface area contributed by atoms with Gasteiger partial charge in [0.15, 0.2) is 10.2 Å². The molecule has 2 aromatic heterocycles. The summed E-state index contributed by atoms with van der Waals surface area (Å²) >= 11 is 1.34. The lowest BCUT2D eigenvalue weighted by Gasteiger charge is -2.19. The number of hydrogen-bond acceptors (Lipinski definition) is 7. The van der Waals surface area contributed by atoms with E-state index in [1.54, 1.807) is 0 Å². The van der Waals surface area contributed by atoms with Crippen molar-refractivity contribution >= 4 is 17.7 Å². The number of likely N-dealkylation sites (tertiary alicyclic amines) is 1. The maximum atomic E-state index is 11.1. The van der Waals surface area contributed by atoms with Gasteiger partial charge in [0.2, 0.25) is 0 Å². The first-order valence-corrected chi connectivity index (χ1v) is 7.23. The predicted octanol–water partition coefficient (Wildman–Crippen LogP) is 0.537. The minimum Gasteiger partial charge on any atom is -0.480 e. The second-order valence-corrected chi connectivity index (χ2v) is 6.03. The van der Waals surface area contributed by atoms with E-state index in [0.29, 0.717) is 36.3 Å². The van der Waals surface area contributed by atoms with Crippen LogP contribution in [0.2, 0.25) is 0 Å². The van der Waals surface area contributed by atoms with Gasteiger partial charge >= 0.3 is 5.97 Å². The van der Waals surface area contributed by atoms with Crippen molar-refractivity contribution in [3.8, 4) is 0 Å². The Morgan fingerprint density at radius 3 is 3.14 bits per heavy atom.